The van der Waals surface area contributed by atoms with Gasteiger partial charge in [-0.1, -0.05) is 12.2 Å². The van der Waals surface area contributed by atoms with E-state index in [9.17, 15) is 24.5 Å². The highest BCUT2D eigenvalue weighted by atomic mass is 32.7. The fourth-order valence-electron chi connectivity index (χ4n) is 5.43. The van der Waals surface area contributed by atoms with Gasteiger partial charge in [0.15, 0.2) is 29.6 Å². The zero-order valence-electron chi connectivity index (χ0n) is 22.5. The van der Waals surface area contributed by atoms with Crippen LogP contribution in [0.25, 0.3) is 22.2 Å². The van der Waals surface area contributed by atoms with Crippen molar-refractivity contribution in [3.63, 3.8) is 0 Å². The maximum atomic E-state index is 13.6. The Hall–Kier alpha value is -2.56. The summed E-state index contributed by atoms with van der Waals surface area (Å²) in [4.78, 5) is 42.1. The molecular weight excluding hydrogens is 680 g/mol. The highest BCUT2D eigenvalue weighted by molar-refractivity contribution is 8.44. The summed E-state index contributed by atoms with van der Waals surface area (Å²) in [6, 6.07) is 1.44. The molecule has 45 heavy (non-hydrogen) atoms. The number of aliphatic hydroxyl groups is 2. The molecule has 7 rings (SSSR count). The van der Waals surface area contributed by atoms with Gasteiger partial charge in [-0.15, -0.1) is 0 Å². The Labute approximate surface area is 261 Å². The lowest BCUT2D eigenvalue weighted by atomic mass is 10.1. The van der Waals surface area contributed by atoms with Crippen molar-refractivity contribution in [2.75, 3.05) is 24.7 Å². The maximum absolute atomic E-state index is 13.6. The van der Waals surface area contributed by atoms with Gasteiger partial charge in [0.2, 0.25) is 5.95 Å². The summed E-state index contributed by atoms with van der Waals surface area (Å²) in [5, 5.41) is 22.6. The molecule has 20 nitrogen and oxygen atoms in total. The number of nitrogens with two attached hydrogens (primary N) is 2. The van der Waals surface area contributed by atoms with Crippen LogP contribution in [0.5, 0.6) is 0 Å². The molecule has 2 bridgehead atoms. The third-order valence-electron chi connectivity index (χ3n) is 7.47. The smallest absolute Gasteiger partial charge is 0.386 e. The Kier molecular flexibility index (Phi) is 7.80. The average Bonchev–Trinajstić information content (AvgIpc) is 3.72. The third kappa shape index (κ3) is 5.58. The number of aromatic nitrogens is 7. The van der Waals surface area contributed by atoms with Crippen LogP contribution < -0.4 is 17.0 Å². The van der Waals surface area contributed by atoms with E-state index in [0.717, 1.165) is 0 Å². The Bertz CT molecular complexity index is 1940. The lowest BCUT2D eigenvalue weighted by Gasteiger charge is -2.27. The molecule has 0 radical (unpaired) electrons. The fourth-order valence-corrected chi connectivity index (χ4v) is 8.34. The Morgan fingerprint density at radius 3 is 2.56 bits per heavy atom. The minimum absolute atomic E-state index is 0.0801. The van der Waals surface area contributed by atoms with Crippen LogP contribution in [0.1, 0.15) is 12.5 Å². The number of H-pyrrole nitrogens is 1. The third-order valence-corrected chi connectivity index (χ3v) is 10.6. The molecule has 3 fully saturated rings. The van der Waals surface area contributed by atoms with Crippen molar-refractivity contribution in [3.8, 4) is 0 Å². The number of fused-ring (bicyclic) bond motifs is 5. The first-order valence-electron chi connectivity index (χ1n) is 13.1. The van der Waals surface area contributed by atoms with Gasteiger partial charge in [0.25, 0.3) is 5.56 Å². The molecule has 3 saturated heterocycles. The number of nitrogens with zero attached hydrogens (tertiary/aromatic N) is 6. The molecule has 0 saturated carbocycles. The first-order chi connectivity index (χ1) is 21.3. The van der Waals surface area contributed by atoms with Crippen molar-refractivity contribution in [1.29, 1.82) is 0 Å². The number of aromatic amines is 1. The first kappa shape index (κ1) is 31.1. The highest BCUT2D eigenvalue weighted by Crippen LogP contribution is 2.58. The molecule has 7 heterocycles. The number of anilines is 2. The van der Waals surface area contributed by atoms with Gasteiger partial charge in [0.05, 0.1) is 24.9 Å². The zero-order valence-corrected chi connectivity index (χ0v) is 26.0. The predicted octanol–water partition coefficient (Wildman–Crippen LogP) is -0.683. The van der Waals surface area contributed by atoms with Crippen molar-refractivity contribution in [2.24, 2.45) is 0 Å². The van der Waals surface area contributed by atoms with Crippen molar-refractivity contribution in [1.82, 2.24) is 34.1 Å². The van der Waals surface area contributed by atoms with Crippen molar-refractivity contribution in [3.05, 3.63) is 35.3 Å². The topological polar surface area (TPSA) is 279 Å². The number of hydrogen-bond donors (Lipinski definition) is 7. The van der Waals surface area contributed by atoms with E-state index >= 15 is 0 Å². The second-order valence-electron chi connectivity index (χ2n) is 10.3. The van der Waals surface area contributed by atoms with E-state index in [2.05, 4.69) is 37.2 Å². The molecular formula is C21H25N9O11P2S2. The monoisotopic (exact) mass is 705 g/mol. The summed E-state index contributed by atoms with van der Waals surface area (Å²) in [6.07, 6.45) is -6.82. The van der Waals surface area contributed by atoms with Crippen LogP contribution >= 0.6 is 25.8 Å². The summed E-state index contributed by atoms with van der Waals surface area (Å²) >= 11 is 9.32. The molecule has 0 aliphatic carbocycles. The number of rotatable bonds is 2. The minimum Gasteiger partial charge on any atom is -0.387 e. The molecule has 8 N–H and O–H groups in total. The van der Waals surface area contributed by atoms with Crippen LogP contribution in [0.2, 0.25) is 0 Å². The number of aliphatic hydroxyl groups excluding tert-OH is 2. The molecule has 24 heteroatoms. The van der Waals surface area contributed by atoms with Gasteiger partial charge in [0.1, 0.15) is 48.5 Å². The van der Waals surface area contributed by atoms with Gasteiger partial charge in [-0.25, -0.2) is 19.5 Å². The van der Waals surface area contributed by atoms with E-state index in [4.69, 9.17) is 50.8 Å². The van der Waals surface area contributed by atoms with Gasteiger partial charge in [-0.3, -0.25) is 27.9 Å². The average molecular weight is 706 g/mol. The Balaban J connectivity index is 1.21. The van der Waals surface area contributed by atoms with Crippen molar-refractivity contribution < 1.29 is 47.2 Å². The molecule has 3 aliphatic rings. The quantitative estimate of drug-likeness (QED) is 0.100. The molecule has 6 unspecified atom stereocenters. The number of nitrogen functional groups attached to an aromatic ring is 2. The minimum atomic E-state index is -4.35. The Morgan fingerprint density at radius 2 is 1.76 bits per heavy atom. The molecule has 242 valence electrons. The van der Waals surface area contributed by atoms with Crippen molar-refractivity contribution >= 4 is 71.5 Å². The van der Waals surface area contributed by atoms with Crippen LogP contribution in [-0.2, 0) is 43.9 Å². The normalized spacial score (nSPS) is 37.7. The van der Waals surface area contributed by atoms with Crippen LogP contribution in [0.4, 0.5) is 11.8 Å². The number of hydrogen-bond acceptors (Lipinski definition) is 17. The van der Waals surface area contributed by atoms with Crippen LogP contribution in [0.3, 0.4) is 0 Å². The fraction of sp³-hybridized carbons (Fsp3) is 0.476. The molecule has 4 aromatic rings. The molecule has 10 atom stereocenters. The summed E-state index contributed by atoms with van der Waals surface area (Å²) < 4.78 is 50.7. The maximum Gasteiger partial charge on any atom is 0.386 e. The van der Waals surface area contributed by atoms with Gasteiger partial charge >= 0.3 is 13.5 Å². The number of thiol groups is 1. The molecule has 3 aliphatic heterocycles. The van der Waals surface area contributed by atoms with E-state index in [0.29, 0.717) is 0 Å². The summed E-state index contributed by atoms with van der Waals surface area (Å²) in [7, 11) is 0. The van der Waals surface area contributed by atoms with Crippen molar-refractivity contribution in [2.45, 2.75) is 49.1 Å². The largest absolute Gasteiger partial charge is 0.387 e. The second-order valence-corrected chi connectivity index (χ2v) is 15.9. The standard InChI is InChI=1S/C21H25N9O11P2S2/c22-15-10-17(25-5-24-15)30(6-26-10)19-12(32)13-9(39-19)4-37-43(35,45)41-14-11(31)8(3-36-42(34,44)40-13)38-20(14)29-2-1-7-16(29)27-21(23)28-18(7)33/h1-2,5-6,8-9,11-14,19-20,31-32H,3-4H2,(H,34,44)(H,35,45)(H2,22,24,25)(H3,23,27,28,33)/t8-,9-,11?,12?,13?,14?,19-,20-,42?,43?/m1/s1. The number of imidazole rings is 1. The number of ether oxygens (including phenoxy) is 2. The van der Waals surface area contributed by atoms with Crippen LogP contribution in [0.15, 0.2) is 29.7 Å². The highest BCUT2D eigenvalue weighted by Gasteiger charge is 2.52. The lowest BCUT2D eigenvalue weighted by molar-refractivity contribution is -0.0587. The van der Waals surface area contributed by atoms with Crippen LogP contribution in [0, 0.1) is 0 Å². The first-order valence-corrected chi connectivity index (χ1v) is 18.4. The van der Waals surface area contributed by atoms with E-state index in [1.807, 2.05) is 0 Å². The molecule has 0 aromatic carbocycles. The van der Waals surface area contributed by atoms with Crippen LogP contribution in [-0.4, -0.2) is 99.0 Å². The van der Waals surface area contributed by atoms with E-state index in [1.54, 1.807) is 0 Å². The zero-order chi connectivity index (χ0) is 31.8. The van der Waals surface area contributed by atoms with E-state index < -0.39 is 81.4 Å². The second kappa shape index (κ2) is 11.3. The lowest BCUT2D eigenvalue weighted by Crippen LogP contribution is -2.36. The van der Waals surface area contributed by atoms with Gasteiger partial charge in [-0.05, 0) is 17.9 Å². The molecule has 0 amide bonds. The predicted molar refractivity (Wildman–Crippen MR) is 159 cm³/mol. The van der Waals surface area contributed by atoms with E-state index in [1.165, 1.54) is 34.1 Å². The van der Waals surface area contributed by atoms with E-state index in [-0.39, 0.29) is 34.0 Å². The Morgan fingerprint density at radius 1 is 1.00 bits per heavy atom. The van der Waals surface area contributed by atoms with Gasteiger partial charge in [-0.2, -0.15) is 4.98 Å². The molecule has 0 spiro atoms. The SMILES string of the molecule is Nc1nc2c(ccn2[C@@H]2O[C@@H]3COP(O)(=S)OC4C(O)[C@H](n5cnc6c(N)ncnc65)O[C@@H]4COP(=O)(S)OC2C3O)c(=O)[nH]1. The van der Waals surface area contributed by atoms with Gasteiger partial charge < -0.3 is 45.1 Å². The summed E-state index contributed by atoms with van der Waals surface area (Å²) in [5.41, 5.74) is 11.6. The summed E-state index contributed by atoms with van der Waals surface area (Å²) in [6.45, 7) is -9.61. The van der Waals surface area contributed by atoms with Gasteiger partial charge in [0, 0.05) is 6.20 Å². The molecule has 4 aromatic heterocycles. The summed E-state index contributed by atoms with van der Waals surface area (Å²) in [5.74, 6) is -0.0878. The number of nitrogens with one attached hydrogen (secondary N) is 1.